The van der Waals surface area contributed by atoms with Crippen LogP contribution in [0.1, 0.15) is 33.3 Å². The van der Waals surface area contributed by atoms with Crippen LogP contribution in [0.25, 0.3) is 10.8 Å². The number of amides is 5. The molecule has 224 valence electrons. The molecule has 1 aliphatic rings. The van der Waals surface area contributed by atoms with Crippen LogP contribution in [0.3, 0.4) is 0 Å². The summed E-state index contributed by atoms with van der Waals surface area (Å²) in [4.78, 5) is 42.3. The smallest absolute Gasteiger partial charge is 0.321 e. The first-order valence-electron chi connectivity index (χ1n) is 14.3. The van der Waals surface area contributed by atoms with Gasteiger partial charge in [-0.25, -0.2) is 9.59 Å². The molecule has 3 aromatic rings. The number of fused-ring (bicyclic) bond motifs is 2. The van der Waals surface area contributed by atoms with Gasteiger partial charge in [-0.2, -0.15) is 0 Å². The Labute approximate surface area is 247 Å². The summed E-state index contributed by atoms with van der Waals surface area (Å²) in [7, 11) is 1.71. The molecule has 0 spiro atoms. The molecule has 3 aromatic carbocycles. The molecule has 1 heterocycles. The number of nitrogens with zero attached hydrogens (tertiary/aromatic N) is 2. The Balaban J connectivity index is 1.58. The van der Waals surface area contributed by atoms with E-state index in [1.807, 2.05) is 63.2 Å². The maximum absolute atomic E-state index is 13.4. The van der Waals surface area contributed by atoms with Gasteiger partial charge in [0.15, 0.2) is 0 Å². The summed E-state index contributed by atoms with van der Waals surface area (Å²) < 4.78 is 6.51. The van der Waals surface area contributed by atoms with Crippen molar-refractivity contribution >= 4 is 40.1 Å². The number of nitrogens with one attached hydrogen (secondary N) is 3. The Kier molecular flexibility index (Phi) is 9.90. The third kappa shape index (κ3) is 7.50. The predicted octanol–water partition coefficient (Wildman–Crippen LogP) is 4.68. The molecule has 0 fully saturated rings. The molecule has 10 nitrogen and oxygen atoms in total. The van der Waals surface area contributed by atoms with Gasteiger partial charge in [-0.1, -0.05) is 43.3 Å². The van der Waals surface area contributed by atoms with E-state index in [9.17, 15) is 19.5 Å². The number of urea groups is 2. The lowest BCUT2D eigenvalue weighted by Gasteiger charge is -2.34. The Bertz CT molecular complexity index is 1420. The Hall–Kier alpha value is -4.31. The molecule has 0 aliphatic carbocycles. The van der Waals surface area contributed by atoms with E-state index in [1.54, 1.807) is 42.0 Å². The van der Waals surface area contributed by atoms with E-state index in [0.29, 0.717) is 29.2 Å². The van der Waals surface area contributed by atoms with Gasteiger partial charge in [-0.05, 0) is 50.4 Å². The number of hydrogen-bond acceptors (Lipinski definition) is 5. The Morgan fingerprint density at radius 3 is 2.55 bits per heavy atom. The van der Waals surface area contributed by atoms with Crippen molar-refractivity contribution in [1.82, 2.24) is 15.1 Å². The van der Waals surface area contributed by atoms with Crippen molar-refractivity contribution in [3.63, 3.8) is 0 Å². The zero-order chi connectivity index (χ0) is 30.4. The zero-order valence-corrected chi connectivity index (χ0v) is 24.9. The largest absolute Gasteiger partial charge is 0.488 e. The molecule has 1 aliphatic heterocycles. The number of hydrogen-bond donors (Lipinski definition) is 4. The van der Waals surface area contributed by atoms with Crippen molar-refractivity contribution in [2.75, 3.05) is 37.4 Å². The molecule has 10 heteroatoms. The third-order valence-corrected chi connectivity index (χ3v) is 7.43. The maximum atomic E-state index is 13.4. The van der Waals surface area contributed by atoms with Crippen molar-refractivity contribution in [1.29, 1.82) is 0 Å². The van der Waals surface area contributed by atoms with Crippen LogP contribution in [0.5, 0.6) is 5.75 Å². The molecule has 42 heavy (non-hydrogen) atoms. The van der Waals surface area contributed by atoms with Gasteiger partial charge in [0.25, 0.3) is 0 Å². The minimum absolute atomic E-state index is 0.0339. The lowest BCUT2D eigenvalue weighted by molar-refractivity contribution is -0.134. The normalized spacial score (nSPS) is 17.8. The van der Waals surface area contributed by atoms with E-state index in [4.69, 9.17) is 4.74 Å². The van der Waals surface area contributed by atoms with E-state index >= 15 is 0 Å². The number of carbonyl (C=O) groups excluding carboxylic acids is 3. The van der Waals surface area contributed by atoms with Gasteiger partial charge in [-0.15, -0.1) is 0 Å². The first-order chi connectivity index (χ1) is 20.0. The van der Waals surface area contributed by atoms with Crippen molar-refractivity contribution < 1.29 is 24.2 Å². The third-order valence-electron chi connectivity index (χ3n) is 7.43. The first kappa shape index (κ1) is 30.6. The van der Waals surface area contributed by atoms with Crippen LogP contribution in [-0.2, 0) is 11.2 Å². The van der Waals surface area contributed by atoms with Crippen molar-refractivity contribution in [2.45, 2.75) is 52.3 Å². The number of rotatable bonds is 7. The van der Waals surface area contributed by atoms with Gasteiger partial charge in [0, 0.05) is 42.2 Å². The van der Waals surface area contributed by atoms with Gasteiger partial charge >= 0.3 is 12.1 Å². The van der Waals surface area contributed by atoms with Crippen molar-refractivity contribution in [3.05, 3.63) is 66.2 Å². The van der Waals surface area contributed by atoms with E-state index in [-0.39, 0.29) is 49.5 Å². The van der Waals surface area contributed by atoms with E-state index in [1.165, 1.54) is 0 Å². The summed E-state index contributed by atoms with van der Waals surface area (Å²) in [5, 5.41) is 20.5. The minimum atomic E-state index is -0.464. The molecule has 0 bridgehead atoms. The van der Waals surface area contributed by atoms with E-state index < -0.39 is 12.1 Å². The predicted molar refractivity (Wildman–Crippen MR) is 165 cm³/mol. The monoisotopic (exact) mass is 575 g/mol. The van der Waals surface area contributed by atoms with Crippen LogP contribution in [0.15, 0.2) is 60.7 Å². The topological polar surface area (TPSA) is 123 Å². The summed E-state index contributed by atoms with van der Waals surface area (Å²) in [5.41, 5.74) is 1.86. The SMILES string of the molecule is CC(C)NC(=O)Nc1ccc2c(c1)CC(=O)N([C@H](C)CO)C[C@H](C)[C@@H](CN(C)C(=O)Nc1cccc3ccccc13)O2. The summed E-state index contributed by atoms with van der Waals surface area (Å²) in [6.07, 6.45) is -0.424. The second-order valence-electron chi connectivity index (χ2n) is 11.3. The molecule has 0 aromatic heterocycles. The number of carbonyl (C=O) groups is 3. The molecule has 0 saturated carbocycles. The lowest BCUT2D eigenvalue weighted by Crippen LogP contribution is -2.48. The second-order valence-corrected chi connectivity index (χ2v) is 11.3. The summed E-state index contributed by atoms with van der Waals surface area (Å²) in [6.45, 7) is 7.94. The Morgan fingerprint density at radius 2 is 1.81 bits per heavy atom. The number of anilines is 2. The second kappa shape index (κ2) is 13.6. The van der Waals surface area contributed by atoms with Crippen LogP contribution >= 0.6 is 0 Å². The van der Waals surface area contributed by atoms with E-state index in [0.717, 1.165) is 10.8 Å². The molecular formula is C32H41N5O5. The van der Waals surface area contributed by atoms with Gasteiger partial charge in [0.1, 0.15) is 11.9 Å². The Morgan fingerprint density at radius 1 is 1.07 bits per heavy atom. The summed E-state index contributed by atoms with van der Waals surface area (Å²) in [5.74, 6) is 0.187. The fraction of sp³-hybridized carbons (Fsp3) is 0.406. The lowest BCUT2D eigenvalue weighted by atomic mass is 10.0. The van der Waals surface area contributed by atoms with Crippen LogP contribution in [-0.4, -0.2) is 77.8 Å². The number of benzene rings is 3. The van der Waals surface area contributed by atoms with E-state index in [2.05, 4.69) is 16.0 Å². The highest BCUT2D eigenvalue weighted by atomic mass is 16.5. The van der Waals surface area contributed by atoms with Crippen LogP contribution in [0.2, 0.25) is 0 Å². The highest BCUT2D eigenvalue weighted by Crippen LogP contribution is 2.29. The quantitative estimate of drug-likeness (QED) is 0.326. The molecule has 3 atom stereocenters. The molecule has 4 N–H and O–H groups in total. The summed E-state index contributed by atoms with van der Waals surface area (Å²) in [6, 6.07) is 17.8. The summed E-state index contributed by atoms with van der Waals surface area (Å²) >= 11 is 0. The van der Waals surface area contributed by atoms with Crippen LogP contribution in [0.4, 0.5) is 21.0 Å². The van der Waals surface area contributed by atoms with Crippen molar-refractivity contribution in [2.24, 2.45) is 5.92 Å². The average molecular weight is 576 g/mol. The zero-order valence-electron chi connectivity index (χ0n) is 24.9. The van der Waals surface area contributed by atoms with Gasteiger partial charge in [0.05, 0.1) is 31.3 Å². The van der Waals surface area contributed by atoms with Gasteiger partial charge in [0.2, 0.25) is 5.91 Å². The van der Waals surface area contributed by atoms with Crippen molar-refractivity contribution in [3.8, 4) is 5.75 Å². The van der Waals surface area contributed by atoms with Gasteiger partial charge in [-0.3, -0.25) is 4.79 Å². The molecular weight excluding hydrogens is 534 g/mol. The molecule has 5 amide bonds. The van der Waals surface area contributed by atoms with Gasteiger partial charge < -0.3 is 35.6 Å². The number of aliphatic hydroxyl groups is 1. The molecule has 0 radical (unpaired) electrons. The van der Waals surface area contributed by atoms with Crippen LogP contribution in [0, 0.1) is 5.92 Å². The highest BCUT2D eigenvalue weighted by Gasteiger charge is 2.32. The first-order valence-corrected chi connectivity index (χ1v) is 14.3. The standard InChI is InChI=1S/C32H41N5O5/c1-20(2)33-31(40)34-25-13-14-28-24(15-25)16-30(39)37(22(4)19-38)17-21(3)29(42-28)18-36(5)32(41)35-27-12-8-10-23-9-6-7-11-26(23)27/h6-15,20-22,29,38H,16-19H2,1-5H3,(H,35,41)(H2,33,34,40)/t21-,22+,29+/m0/s1. The number of ether oxygens (including phenoxy) is 1. The van der Waals surface area contributed by atoms with Crippen LogP contribution < -0.4 is 20.7 Å². The molecule has 0 unspecified atom stereocenters. The highest BCUT2D eigenvalue weighted by molar-refractivity contribution is 6.01. The fourth-order valence-electron chi connectivity index (χ4n) is 5.05. The molecule has 0 saturated heterocycles. The number of aliphatic hydroxyl groups excluding tert-OH is 1. The minimum Gasteiger partial charge on any atom is -0.488 e. The average Bonchev–Trinajstić information content (AvgIpc) is 2.99. The fourth-order valence-corrected chi connectivity index (χ4v) is 5.05. The molecule has 4 rings (SSSR count). The maximum Gasteiger partial charge on any atom is 0.321 e. The number of likely N-dealkylation sites (N-methyl/N-ethyl adjacent to an activating group) is 1.